The van der Waals surface area contributed by atoms with Gasteiger partial charge < -0.3 is 15.5 Å². The van der Waals surface area contributed by atoms with Crippen molar-refractivity contribution in [3.63, 3.8) is 0 Å². The summed E-state index contributed by atoms with van der Waals surface area (Å²) >= 11 is 3.45. The van der Waals surface area contributed by atoms with Crippen LogP contribution in [-0.4, -0.2) is 38.5 Å². The summed E-state index contributed by atoms with van der Waals surface area (Å²) in [4.78, 5) is 26.2. The molecule has 2 amide bonds. The van der Waals surface area contributed by atoms with Gasteiger partial charge in [-0.2, -0.15) is 0 Å². The maximum absolute atomic E-state index is 12.4. The molecular formula is C15H20BrN3O2. The number of nitrogens with one attached hydrogen (secondary N) is 2. The van der Waals surface area contributed by atoms with E-state index in [0.29, 0.717) is 19.5 Å². The van der Waals surface area contributed by atoms with Crippen LogP contribution in [0, 0.1) is 5.92 Å². The lowest BCUT2D eigenvalue weighted by molar-refractivity contribution is -0.132. The van der Waals surface area contributed by atoms with Crippen molar-refractivity contribution >= 4 is 33.4 Å². The van der Waals surface area contributed by atoms with Gasteiger partial charge in [0.25, 0.3) is 0 Å². The molecule has 0 bridgehead atoms. The van der Waals surface area contributed by atoms with Gasteiger partial charge >= 0.3 is 0 Å². The van der Waals surface area contributed by atoms with Gasteiger partial charge in [0.05, 0.1) is 5.69 Å². The van der Waals surface area contributed by atoms with Crippen LogP contribution < -0.4 is 15.5 Å². The number of para-hydroxylation sites is 1. The Morgan fingerprint density at radius 1 is 1.38 bits per heavy atom. The van der Waals surface area contributed by atoms with Crippen molar-refractivity contribution in [3.05, 3.63) is 28.7 Å². The molecule has 0 aliphatic carbocycles. The largest absolute Gasteiger partial charge is 0.355 e. The molecule has 1 aromatic carbocycles. The van der Waals surface area contributed by atoms with Crippen LogP contribution >= 0.6 is 15.9 Å². The summed E-state index contributed by atoms with van der Waals surface area (Å²) in [5.41, 5.74) is 0.827. The Bertz CT molecular complexity index is 521. The number of amides is 2. The van der Waals surface area contributed by atoms with E-state index in [0.717, 1.165) is 23.1 Å². The summed E-state index contributed by atoms with van der Waals surface area (Å²) in [5, 5.41) is 5.86. The van der Waals surface area contributed by atoms with Crippen molar-refractivity contribution < 1.29 is 9.59 Å². The van der Waals surface area contributed by atoms with Gasteiger partial charge in [0.15, 0.2) is 0 Å². The number of benzene rings is 1. The number of anilines is 1. The second-order valence-electron chi connectivity index (χ2n) is 5.03. The number of nitrogens with zero attached hydrogens (tertiary/aromatic N) is 1. The summed E-state index contributed by atoms with van der Waals surface area (Å²) in [6.07, 6.45) is 1.43. The Hall–Kier alpha value is -1.40. The van der Waals surface area contributed by atoms with Gasteiger partial charge in [-0.3, -0.25) is 9.59 Å². The number of hydrogen-bond donors (Lipinski definition) is 2. The second-order valence-corrected chi connectivity index (χ2v) is 5.89. The van der Waals surface area contributed by atoms with Crippen LogP contribution in [0.1, 0.15) is 12.8 Å². The minimum Gasteiger partial charge on any atom is -0.355 e. The van der Waals surface area contributed by atoms with Crippen molar-refractivity contribution in [2.45, 2.75) is 12.8 Å². The molecule has 1 aliphatic heterocycles. The van der Waals surface area contributed by atoms with E-state index in [-0.39, 0.29) is 11.8 Å². The predicted molar refractivity (Wildman–Crippen MR) is 86.2 cm³/mol. The third-order valence-electron chi connectivity index (χ3n) is 3.57. The highest BCUT2D eigenvalue weighted by atomic mass is 79.9. The summed E-state index contributed by atoms with van der Waals surface area (Å²) in [6, 6.07) is 7.57. The molecule has 1 saturated heterocycles. The van der Waals surface area contributed by atoms with Crippen molar-refractivity contribution in [3.8, 4) is 0 Å². The van der Waals surface area contributed by atoms with Gasteiger partial charge in [-0.15, -0.1) is 0 Å². The first-order valence-corrected chi connectivity index (χ1v) is 7.92. The number of carbonyl (C=O) groups excluding carboxylic acids is 2. The highest BCUT2D eigenvalue weighted by molar-refractivity contribution is 9.10. The second kappa shape index (κ2) is 7.56. The van der Waals surface area contributed by atoms with Gasteiger partial charge in [0, 0.05) is 17.6 Å². The lowest BCUT2D eigenvalue weighted by atomic mass is 10.1. The van der Waals surface area contributed by atoms with E-state index in [1.807, 2.05) is 31.3 Å². The number of halogens is 1. The summed E-state index contributed by atoms with van der Waals surface area (Å²) in [7, 11) is 1.87. The van der Waals surface area contributed by atoms with Crippen molar-refractivity contribution in [1.82, 2.24) is 10.6 Å². The monoisotopic (exact) mass is 353 g/mol. The lowest BCUT2D eigenvalue weighted by Crippen LogP contribution is -2.37. The first-order chi connectivity index (χ1) is 10.1. The molecule has 0 saturated carbocycles. The molecular weight excluding hydrogens is 334 g/mol. The zero-order valence-corrected chi connectivity index (χ0v) is 13.6. The van der Waals surface area contributed by atoms with E-state index in [2.05, 4.69) is 26.6 Å². The van der Waals surface area contributed by atoms with E-state index in [1.54, 1.807) is 4.90 Å². The highest BCUT2D eigenvalue weighted by Gasteiger charge is 2.37. The Labute approximate surface area is 133 Å². The van der Waals surface area contributed by atoms with Crippen molar-refractivity contribution in [2.24, 2.45) is 5.92 Å². The minimum absolute atomic E-state index is 0.118. The van der Waals surface area contributed by atoms with Gasteiger partial charge in [-0.25, -0.2) is 0 Å². The predicted octanol–water partition coefficient (Wildman–Crippen LogP) is 1.53. The topological polar surface area (TPSA) is 61.4 Å². The highest BCUT2D eigenvalue weighted by Crippen LogP contribution is 2.31. The summed E-state index contributed by atoms with van der Waals surface area (Å²) in [5.74, 6) is -0.842. The fraction of sp³-hybridized carbons (Fsp3) is 0.467. The third kappa shape index (κ3) is 3.83. The molecule has 2 rings (SSSR count). The number of hydrogen-bond acceptors (Lipinski definition) is 3. The molecule has 1 fully saturated rings. The van der Waals surface area contributed by atoms with E-state index < -0.39 is 5.92 Å². The maximum Gasteiger partial charge on any atom is 0.239 e. The molecule has 0 aromatic heterocycles. The molecule has 1 atom stereocenters. The summed E-state index contributed by atoms with van der Waals surface area (Å²) < 4.78 is 0.869. The molecule has 6 heteroatoms. The molecule has 114 valence electrons. The molecule has 1 aromatic rings. The fourth-order valence-corrected chi connectivity index (χ4v) is 2.93. The molecule has 1 unspecified atom stereocenters. The van der Waals surface area contributed by atoms with Crippen LogP contribution in [0.25, 0.3) is 0 Å². The standard InChI is InChI=1S/C15H20BrN3O2/c1-17-8-4-9-18-14(20)11-7-10-19(15(11)21)13-6-3-2-5-12(13)16/h2-3,5-6,11,17H,4,7-10H2,1H3,(H,18,20). The SMILES string of the molecule is CNCCCNC(=O)C1CCN(c2ccccc2Br)C1=O. The number of carbonyl (C=O) groups is 2. The van der Waals surface area contributed by atoms with Gasteiger partial charge in [0.1, 0.15) is 5.92 Å². The van der Waals surface area contributed by atoms with Crippen LogP contribution in [0.3, 0.4) is 0 Å². The Balaban J connectivity index is 1.95. The van der Waals surface area contributed by atoms with E-state index in [4.69, 9.17) is 0 Å². The molecule has 21 heavy (non-hydrogen) atoms. The smallest absolute Gasteiger partial charge is 0.239 e. The molecule has 1 heterocycles. The first kappa shape index (κ1) is 16.0. The van der Waals surface area contributed by atoms with Crippen LogP contribution in [0.2, 0.25) is 0 Å². The van der Waals surface area contributed by atoms with Crippen LogP contribution in [0.4, 0.5) is 5.69 Å². The quantitative estimate of drug-likeness (QED) is 0.602. The Morgan fingerprint density at radius 2 is 2.14 bits per heavy atom. The van der Waals surface area contributed by atoms with Crippen molar-refractivity contribution in [2.75, 3.05) is 31.6 Å². The summed E-state index contributed by atoms with van der Waals surface area (Å²) in [6.45, 7) is 2.02. The van der Waals surface area contributed by atoms with E-state index in [1.165, 1.54) is 0 Å². The maximum atomic E-state index is 12.4. The third-order valence-corrected chi connectivity index (χ3v) is 4.24. The van der Waals surface area contributed by atoms with Crippen LogP contribution in [-0.2, 0) is 9.59 Å². The Kier molecular flexibility index (Phi) is 5.76. The van der Waals surface area contributed by atoms with Crippen molar-refractivity contribution in [1.29, 1.82) is 0 Å². The normalized spacial score (nSPS) is 18.1. The molecule has 0 radical (unpaired) electrons. The first-order valence-electron chi connectivity index (χ1n) is 7.13. The molecule has 5 nitrogen and oxygen atoms in total. The molecule has 0 spiro atoms. The van der Waals surface area contributed by atoms with Gasteiger partial charge in [-0.05, 0) is 54.5 Å². The number of rotatable bonds is 6. The molecule has 2 N–H and O–H groups in total. The molecule has 1 aliphatic rings. The average molecular weight is 354 g/mol. The fourth-order valence-electron chi connectivity index (χ4n) is 2.43. The van der Waals surface area contributed by atoms with E-state index in [9.17, 15) is 9.59 Å². The van der Waals surface area contributed by atoms with Gasteiger partial charge in [-0.1, -0.05) is 12.1 Å². The van der Waals surface area contributed by atoms with Gasteiger partial charge in [0.2, 0.25) is 11.8 Å². The zero-order chi connectivity index (χ0) is 15.2. The zero-order valence-electron chi connectivity index (χ0n) is 12.1. The average Bonchev–Trinajstić information content (AvgIpc) is 2.86. The van der Waals surface area contributed by atoms with Crippen LogP contribution in [0.15, 0.2) is 28.7 Å². The lowest BCUT2D eigenvalue weighted by Gasteiger charge is -2.18. The minimum atomic E-state index is -0.563. The van der Waals surface area contributed by atoms with E-state index >= 15 is 0 Å². The Morgan fingerprint density at radius 3 is 2.86 bits per heavy atom. The van der Waals surface area contributed by atoms with Crippen LogP contribution in [0.5, 0.6) is 0 Å².